The van der Waals surface area contributed by atoms with Crippen molar-refractivity contribution in [2.75, 3.05) is 20.1 Å². The van der Waals surface area contributed by atoms with Crippen LogP contribution in [-0.4, -0.2) is 31.1 Å². The lowest BCUT2D eigenvalue weighted by Gasteiger charge is -2.38. The van der Waals surface area contributed by atoms with Crippen LogP contribution in [0.4, 0.5) is 0 Å². The summed E-state index contributed by atoms with van der Waals surface area (Å²) in [5.74, 6) is 0.766. The van der Waals surface area contributed by atoms with Crippen molar-refractivity contribution < 1.29 is 0 Å². The van der Waals surface area contributed by atoms with E-state index in [2.05, 4.69) is 52.8 Å². The van der Waals surface area contributed by atoms with Crippen molar-refractivity contribution in [1.29, 1.82) is 0 Å². The highest BCUT2D eigenvalue weighted by atomic mass is 127. The molecule has 1 saturated heterocycles. The summed E-state index contributed by atoms with van der Waals surface area (Å²) in [7, 11) is 2.24. The van der Waals surface area contributed by atoms with E-state index in [1.165, 1.54) is 41.7 Å². The Balaban J connectivity index is 1.70. The largest absolute Gasteiger partial charge is 0.307 e. The van der Waals surface area contributed by atoms with Crippen molar-refractivity contribution >= 4 is 33.9 Å². The van der Waals surface area contributed by atoms with Crippen molar-refractivity contribution in [1.82, 2.24) is 10.2 Å². The molecule has 106 valence electrons. The maximum Gasteiger partial charge on any atom is 0.0659 e. The Morgan fingerprint density at radius 1 is 1.42 bits per heavy atom. The number of rotatable bonds is 2. The molecule has 0 amide bonds. The van der Waals surface area contributed by atoms with Crippen LogP contribution in [0.25, 0.3) is 0 Å². The molecule has 0 radical (unpaired) electrons. The molecule has 0 spiro atoms. The molecule has 0 aromatic carbocycles. The van der Waals surface area contributed by atoms with Gasteiger partial charge in [0.1, 0.15) is 0 Å². The number of piperidine rings is 1. The molecular weight excluding hydrogens is 367 g/mol. The third kappa shape index (κ3) is 3.17. The Labute approximate surface area is 134 Å². The topological polar surface area (TPSA) is 15.3 Å². The van der Waals surface area contributed by atoms with Crippen molar-refractivity contribution in [3.63, 3.8) is 0 Å². The number of aryl methyl sites for hydroxylation is 1. The van der Waals surface area contributed by atoms with Crippen LogP contribution in [0.15, 0.2) is 6.07 Å². The molecule has 19 heavy (non-hydrogen) atoms. The zero-order valence-electron chi connectivity index (χ0n) is 11.8. The molecule has 4 heteroatoms. The molecule has 3 unspecified atom stereocenters. The van der Waals surface area contributed by atoms with Gasteiger partial charge in [-0.3, -0.25) is 0 Å². The van der Waals surface area contributed by atoms with Gasteiger partial charge in [-0.15, -0.1) is 11.3 Å². The van der Waals surface area contributed by atoms with Crippen molar-refractivity contribution in [2.45, 2.75) is 44.7 Å². The Bertz CT molecular complexity index is 445. The summed E-state index contributed by atoms with van der Waals surface area (Å²) < 4.78 is 1.45. The first-order valence-corrected chi connectivity index (χ1v) is 9.25. The summed E-state index contributed by atoms with van der Waals surface area (Å²) in [5.41, 5.74) is 1.60. The molecule has 2 nitrogen and oxygen atoms in total. The average Bonchev–Trinajstić information content (AvgIpc) is 2.74. The second kappa shape index (κ2) is 6.00. The van der Waals surface area contributed by atoms with Gasteiger partial charge < -0.3 is 10.2 Å². The molecule has 3 atom stereocenters. The number of nitrogens with one attached hydrogen (secondary N) is 1. The first-order valence-electron chi connectivity index (χ1n) is 7.36. The monoisotopic (exact) mass is 390 g/mol. The van der Waals surface area contributed by atoms with E-state index in [9.17, 15) is 0 Å². The number of hydrogen-bond donors (Lipinski definition) is 1. The van der Waals surface area contributed by atoms with E-state index in [0.29, 0.717) is 12.1 Å². The zero-order chi connectivity index (χ0) is 13.4. The minimum absolute atomic E-state index is 0.611. The molecule has 3 rings (SSSR count). The van der Waals surface area contributed by atoms with Crippen molar-refractivity contribution in [2.24, 2.45) is 5.92 Å². The minimum Gasteiger partial charge on any atom is -0.307 e. The fraction of sp³-hybridized carbons (Fsp3) is 0.733. The molecule has 2 heterocycles. The number of nitrogens with zero attached hydrogens (tertiary/aromatic N) is 1. The smallest absolute Gasteiger partial charge is 0.0659 e. The maximum atomic E-state index is 3.97. The number of likely N-dealkylation sites (tertiary alicyclic amines) is 1. The van der Waals surface area contributed by atoms with E-state index >= 15 is 0 Å². The lowest BCUT2D eigenvalue weighted by molar-refractivity contribution is 0.163. The standard InChI is InChI=1S/C15H23IN2S/c1-10-9-18(2)7-6-12(10)17-13-4-3-5-14-11(13)8-15(16)19-14/h8,10,12-13,17H,3-7,9H2,1-2H3. The second-order valence-electron chi connectivity index (χ2n) is 6.18. The first-order chi connectivity index (χ1) is 9.13. The fourth-order valence-corrected chi connectivity index (χ4v) is 5.67. The van der Waals surface area contributed by atoms with Gasteiger partial charge >= 0.3 is 0 Å². The number of hydrogen-bond acceptors (Lipinski definition) is 3. The highest BCUT2D eigenvalue weighted by molar-refractivity contribution is 14.1. The van der Waals surface area contributed by atoms with Crippen LogP contribution in [0, 0.1) is 8.80 Å². The van der Waals surface area contributed by atoms with Gasteiger partial charge in [-0.1, -0.05) is 6.92 Å². The lowest BCUT2D eigenvalue weighted by atomic mass is 9.89. The predicted molar refractivity (Wildman–Crippen MR) is 90.9 cm³/mol. The highest BCUT2D eigenvalue weighted by Crippen LogP contribution is 2.37. The van der Waals surface area contributed by atoms with Crippen LogP contribution in [0.3, 0.4) is 0 Å². The molecule has 0 bridgehead atoms. The van der Waals surface area contributed by atoms with Gasteiger partial charge in [-0.25, -0.2) is 0 Å². The number of thiophene rings is 1. The average molecular weight is 390 g/mol. The third-order valence-corrected chi connectivity index (χ3v) is 6.58. The third-order valence-electron chi connectivity index (χ3n) is 4.61. The maximum absolute atomic E-state index is 3.97. The summed E-state index contributed by atoms with van der Waals surface area (Å²) in [6.07, 6.45) is 5.26. The summed E-state index contributed by atoms with van der Waals surface area (Å²) in [6.45, 7) is 4.87. The van der Waals surface area contributed by atoms with E-state index in [1.54, 1.807) is 10.4 Å². The molecule has 1 aromatic heterocycles. The number of fused-ring (bicyclic) bond motifs is 1. The van der Waals surface area contributed by atoms with Crippen molar-refractivity contribution in [3.05, 3.63) is 19.4 Å². The van der Waals surface area contributed by atoms with Gasteiger partial charge in [0.15, 0.2) is 0 Å². The van der Waals surface area contributed by atoms with Gasteiger partial charge in [-0.05, 0) is 79.4 Å². The summed E-state index contributed by atoms with van der Waals surface area (Å²) >= 11 is 4.47. The Kier molecular flexibility index (Phi) is 4.51. The quantitative estimate of drug-likeness (QED) is 0.776. The van der Waals surface area contributed by atoms with Gasteiger partial charge in [0.05, 0.1) is 2.88 Å². The van der Waals surface area contributed by atoms with Crippen LogP contribution < -0.4 is 5.32 Å². The summed E-state index contributed by atoms with van der Waals surface area (Å²) in [5, 5.41) is 3.97. The Hall–Kier alpha value is 0.350. The predicted octanol–water partition coefficient (Wildman–Crippen LogP) is 3.66. The first kappa shape index (κ1) is 14.3. The second-order valence-corrected chi connectivity index (χ2v) is 9.21. The SMILES string of the molecule is CC1CN(C)CCC1NC1CCCc2sc(I)cc21. The molecule has 1 aliphatic heterocycles. The van der Waals surface area contributed by atoms with Gasteiger partial charge in [-0.2, -0.15) is 0 Å². The van der Waals surface area contributed by atoms with Crippen LogP contribution in [0.5, 0.6) is 0 Å². The molecule has 0 saturated carbocycles. The van der Waals surface area contributed by atoms with E-state index in [0.717, 1.165) is 5.92 Å². The fourth-order valence-electron chi connectivity index (χ4n) is 3.55. The molecule has 1 fully saturated rings. The van der Waals surface area contributed by atoms with Crippen LogP contribution in [0.1, 0.15) is 42.7 Å². The molecular formula is C15H23IN2S. The van der Waals surface area contributed by atoms with Crippen LogP contribution in [-0.2, 0) is 6.42 Å². The number of halogens is 1. The van der Waals surface area contributed by atoms with Gasteiger partial charge in [0.2, 0.25) is 0 Å². The lowest BCUT2D eigenvalue weighted by Crippen LogP contribution is -2.48. The molecule has 1 aliphatic carbocycles. The van der Waals surface area contributed by atoms with Crippen molar-refractivity contribution in [3.8, 4) is 0 Å². The van der Waals surface area contributed by atoms with E-state index in [-0.39, 0.29) is 0 Å². The summed E-state index contributed by atoms with van der Waals surface area (Å²) in [4.78, 5) is 4.09. The molecule has 1 N–H and O–H groups in total. The zero-order valence-corrected chi connectivity index (χ0v) is 14.8. The van der Waals surface area contributed by atoms with Crippen LogP contribution >= 0.6 is 33.9 Å². The van der Waals surface area contributed by atoms with Gasteiger partial charge in [0.25, 0.3) is 0 Å². The van der Waals surface area contributed by atoms with Crippen LogP contribution in [0.2, 0.25) is 0 Å². The normalized spacial score (nSPS) is 32.3. The minimum atomic E-state index is 0.611. The Morgan fingerprint density at radius 3 is 3.05 bits per heavy atom. The van der Waals surface area contributed by atoms with Gasteiger partial charge in [0, 0.05) is 23.5 Å². The molecule has 1 aromatic rings. The van der Waals surface area contributed by atoms with E-state index in [4.69, 9.17) is 0 Å². The van der Waals surface area contributed by atoms with E-state index in [1.807, 2.05) is 11.3 Å². The molecule has 2 aliphatic rings. The highest BCUT2D eigenvalue weighted by Gasteiger charge is 2.29. The summed E-state index contributed by atoms with van der Waals surface area (Å²) in [6, 6.07) is 3.72. The van der Waals surface area contributed by atoms with E-state index < -0.39 is 0 Å². The Morgan fingerprint density at radius 2 is 2.26 bits per heavy atom.